The smallest absolute Gasteiger partial charge is 0.318 e. The number of H-pyrrole nitrogens is 1. The van der Waals surface area contributed by atoms with Crippen LogP contribution in [0.3, 0.4) is 0 Å². The summed E-state index contributed by atoms with van der Waals surface area (Å²) in [4.78, 5) is 58.4. The first kappa shape index (κ1) is 21.7. The number of rotatable bonds is 7. The van der Waals surface area contributed by atoms with Crippen LogP contribution in [0.25, 0.3) is 11.0 Å². The van der Waals surface area contributed by atoms with Gasteiger partial charge in [-0.25, -0.2) is 4.98 Å². The van der Waals surface area contributed by atoms with Crippen LogP contribution in [-0.2, 0) is 4.79 Å². The van der Waals surface area contributed by atoms with Crippen molar-refractivity contribution in [1.82, 2.24) is 20.3 Å². The molecule has 0 aliphatic rings. The van der Waals surface area contributed by atoms with Gasteiger partial charge < -0.3 is 26.1 Å². The largest absolute Gasteiger partial charge is 0.467 e. The molecule has 1 aromatic carbocycles. The number of anilines is 1. The summed E-state index contributed by atoms with van der Waals surface area (Å²) in [5.41, 5.74) is 4.68. The second-order valence-electron chi connectivity index (χ2n) is 6.29. The Balaban J connectivity index is 1.83. The van der Waals surface area contributed by atoms with Gasteiger partial charge in [-0.1, -0.05) is 11.6 Å². The van der Waals surface area contributed by atoms with E-state index in [1.54, 1.807) is 0 Å². The number of halogens is 1. The lowest BCUT2D eigenvalue weighted by atomic mass is 10.1. The number of carbonyl (C=O) groups is 3. The fraction of sp³-hybridized carbons (Fsp3) is 0.158. The Labute approximate surface area is 180 Å². The van der Waals surface area contributed by atoms with Crippen LogP contribution in [0.4, 0.5) is 5.69 Å². The van der Waals surface area contributed by atoms with Crippen LogP contribution >= 0.6 is 11.6 Å². The average Bonchev–Trinajstić information content (AvgIpc) is 2.73. The minimum absolute atomic E-state index is 0.0107. The highest BCUT2D eigenvalue weighted by Crippen LogP contribution is 2.24. The van der Waals surface area contributed by atoms with Gasteiger partial charge >= 0.3 is 6.01 Å². The molecular weight excluding hydrogens is 428 g/mol. The zero-order valence-corrected chi connectivity index (χ0v) is 16.9. The Kier molecular flexibility index (Phi) is 6.46. The molecule has 2 aromatic heterocycles. The van der Waals surface area contributed by atoms with E-state index < -0.39 is 23.3 Å². The fourth-order valence-electron chi connectivity index (χ4n) is 2.60. The van der Waals surface area contributed by atoms with E-state index in [2.05, 4.69) is 25.6 Å². The number of nitrogens with one attached hydrogen (secondary N) is 3. The summed E-state index contributed by atoms with van der Waals surface area (Å²) in [6.45, 7) is 0.0673. The minimum Gasteiger partial charge on any atom is -0.467 e. The Morgan fingerprint density at radius 3 is 2.71 bits per heavy atom. The number of fused-ring (bicyclic) bond motifs is 1. The third kappa shape index (κ3) is 5.14. The summed E-state index contributed by atoms with van der Waals surface area (Å²) in [6, 6.07) is 5.62. The summed E-state index contributed by atoms with van der Waals surface area (Å²) in [6.07, 6.45) is 1.39. The molecule has 0 aliphatic carbocycles. The normalized spacial score (nSPS) is 10.5. The van der Waals surface area contributed by atoms with Gasteiger partial charge in [0.25, 0.3) is 17.4 Å². The summed E-state index contributed by atoms with van der Waals surface area (Å²) < 4.78 is 4.90. The van der Waals surface area contributed by atoms with Gasteiger partial charge in [0.2, 0.25) is 5.91 Å². The minimum atomic E-state index is -0.743. The first-order valence-corrected chi connectivity index (χ1v) is 9.27. The molecular formula is C19H17ClN6O5. The van der Waals surface area contributed by atoms with E-state index in [0.717, 1.165) is 0 Å². The molecule has 31 heavy (non-hydrogen) atoms. The van der Waals surface area contributed by atoms with Crippen molar-refractivity contribution in [1.29, 1.82) is 0 Å². The van der Waals surface area contributed by atoms with Crippen LogP contribution < -0.4 is 26.7 Å². The number of primary amides is 1. The predicted octanol–water partition coefficient (Wildman–Crippen LogP) is 0.838. The SMILES string of the molecule is COc1ncc2cc(C(=O)Nc3cc(C(=O)NCCC(N)=O)ccc3Cl)c(=O)[nH]c2n1. The van der Waals surface area contributed by atoms with E-state index in [1.807, 2.05) is 0 Å². The Morgan fingerprint density at radius 1 is 1.23 bits per heavy atom. The molecule has 3 amide bonds. The number of carbonyl (C=O) groups excluding carboxylic acids is 3. The summed E-state index contributed by atoms with van der Waals surface area (Å²) in [7, 11) is 1.39. The molecule has 0 atom stereocenters. The van der Waals surface area contributed by atoms with E-state index in [-0.39, 0.29) is 46.5 Å². The van der Waals surface area contributed by atoms with Gasteiger partial charge in [0, 0.05) is 30.1 Å². The number of hydrogen-bond donors (Lipinski definition) is 4. The van der Waals surface area contributed by atoms with Crippen LogP contribution in [0.1, 0.15) is 27.1 Å². The number of pyridine rings is 1. The van der Waals surface area contributed by atoms with Crippen LogP contribution in [0.5, 0.6) is 6.01 Å². The van der Waals surface area contributed by atoms with Crippen molar-refractivity contribution < 1.29 is 19.1 Å². The van der Waals surface area contributed by atoms with Crippen LogP contribution in [0.2, 0.25) is 5.02 Å². The highest BCUT2D eigenvalue weighted by atomic mass is 35.5. The van der Waals surface area contributed by atoms with Crippen molar-refractivity contribution in [2.45, 2.75) is 6.42 Å². The summed E-state index contributed by atoms with van der Waals surface area (Å²) >= 11 is 6.12. The molecule has 3 aromatic rings. The summed E-state index contributed by atoms with van der Waals surface area (Å²) in [5.74, 6) is -1.77. The van der Waals surface area contributed by atoms with Gasteiger partial charge in [0.05, 0.1) is 17.8 Å². The van der Waals surface area contributed by atoms with Gasteiger partial charge in [-0.3, -0.25) is 19.2 Å². The highest BCUT2D eigenvalue weighted by Gasteiger charge is 2.16. The molecule has 11 nitrogen and oxygen atoms in total. The molecule has 5 N–H and O–H groups in total. The number of aromatic nitrogens is 3. The lowest BCUT2D eigenvalue weighted by Gasteiger charge is -2.10. The van der Waals surface area contributed by atoms with E-state index >= 15 is 0 Å². The van der Waals surface area contributed by atoms with Crippen molar-refractivity contribution in [2.75, 3.05) is 19.0 Å². The van der Waals surface area contributed by atoms with Crippen LogP contribution in [0, 0.1) is 0 Å². The molecule has 2 heterocycles. The van der Waals surface area contributed by atoms with E-state index in [4.69, 9.17) is 22.1 Å². The molecule has 0 spiro atoms. The van der Waals surface area contributed by atoms with E-state index in [0.29, 0.717) is 5.39 Å². The van der Waals surface area contributed by atoms with Gasteiger partial charge in [-0.2, -0.15) is 4.98 Å². The third-order valence-electron chi connectivity index (χ3n) is 4.13. The molecule has 12 heteroatoms. The van der Waals surface area contributed by atoms with Gasteiger partial charge in [-0.15, -0.1) is 0 Å². The van der Waals surface area contributed by atoms with Crippen molar-refractivity contribution in [3.05, 3.63) is 57.0 Å². The van der Waals surface area contributed by atoms with Gasteiger partial charge in [0.1, 0.15) is 11.2 Å². The zero-order valence-electron chi connectivity index (χ0n) is 16.2. The number of methoxy groups -OCH3 is 1. The molecule has 0 radical (unpaired) electrons. The third-order valence-corrected chi connectivity index (χ3v) is 4.46. The number of nitrogens with zero attached hydrogens (tertiary/aromatic N) is 2. The molecule has 0 bridgehead atoms. The van der Waals surface area contributed by atoms with Crippen molar-refractivity contribution >= 4 is 46.0 Å². The maximum atomic E-state index is 12.7. The maximum Gasteiger partial charge on any atom is 0.318 e. The Bertz CT molecular complexity index is 1240. The second kappa shape index (κ2) is 9.22. The van der Waals surface area contributed by atoms with Crippen molar-refractivity contribution in [3.63, 3.8) is 0 Å². The number of hydrogen-bond acceptors (Lipinski definition) is 7. The Morgan fingerprint density at radius 2 is 2.00 bits per heavy atom. The van der Waals surface area contributed by atoms with Gasteiger partial charge in [-0.05, 0) is 24.3 Å². The molecule has 0 unspecified atom stereocenters. The number of benzene rings is 1. The van der Waals surface area contributed by atoms with Crippen molar-refractivity contribution in [3.8, 4) is 6.01 Å². The van der Waals surface area contributed by atoms with Gasteiger partial charge in [0.15, 0.2) is 0 Å². The average molecular weight is 445 g/mol. The zero-order chi connectivity index (χ0) is 22.5. The lowest BCUT2D eigenvalue weighted by Crippen LogP contribution is -2.28. The molecule has 160 valence electrons. The lowest BCUT2D eigenvalue weighted by molar-refractivity contribution is -0.117. The van der Waals surface area contributed by atoms with Crippen LogP contribution in [-0.4, -0.2) is 46.3 Å². The Hall–Kier alpha value is -3.99. The number of amides is 3. The fourth-order valence-corrected chi connectivity index (χ4v) is 2.76. The van der Waals surface area contributed by atoms with E-state index in [9.17, 15) is 19.2 Å². The number of aromatic amines is 1. The highest BCUT2D eigenvalue weighted by molar-refractivity contribution is 6.34. The molecule has 3 rings (SSSR count). The maximum absolute atomic E-state index is 12.7. The molecule has 0 fully saturated rings. The van der Waals surface area contributed by atoms with Crippen LogP contribution in [0.15, 0.2) is 35.3 Å². The number of nitrogens with two attached hydrogens (primary N) is 1. The monoisotopic (exact) mass is 444 g/mol. The first-order valence-electron chi connectivity index (χ1n) is 8.90. The molecule has 0 aliphatic heterocycles. The molecule has 0 saturated heterocycles. The quantitative estimate of drug-likeness (QED) is 0.418. The van der Waals surface area contributed by atoms with Crippen molar-refractivity contribution in [2.24, 2.45) is 5.73 Å². The summed E-state index contributed by atoms with van der Waals surface area (Å²) in [5, 5.41) is 5.62. The standard InChI is InChI=1S/C19H17ClN6O5/c1-31-19-23-8-10-6-11(18(30)25-15(10)26-19)17(29)24-13-7-9(2-3-12(13)20)16(28)22-5-4-14(21)27/h2-3,6-8H,4-5H2,1H3,(H2,21,27)(H,22,28)(H,24,29)(H,23,25,26,30). The second-order valence-corrected chi connectivity index (χ2v) is 6.70. The molecule has 0 saturated carbocycles. The predicted molar refractivity (Wildman–Crippen MR) is 112 cm³/mol. The topological polar surface area (TPSA) is 169 Å². The first-order chi connectivity index (χ1) is 14.8. The number of ether oxygens (including phenoxy) is 1. The van der Waals surface area contributed by atoms with E-state index in [1.165, 1.54) is 37.6 Å².